The topological polar surface area (TPSA) is 21.3 Å². The van der Waals surface area contributed by atoms with Crippen LogP contribution in [0.25, 0.3) is 0 Å². The van der Waals surface area contributed by atoms with E-state index in [4.69, 9.17) is 4.74 Å². The highest BCUT2D eigenvalue weighted by molar-refractivity contribution is 5.28. The maximum Gasteiger partial charge on any atom is 0.119 e. The third-order valence-electron chi connectivity index (χ3n) is 5.57. The second kappa shape index (κ2) is 6.39. The standard InChI is InChI=1S/C19H29NO/c1-3-13-20-17-14-18(19(17)11-5-6-12-19)21-16-9-7-15(4-2)8-10-16/h7-10,17-18,20H,3-6,11-14H2,1-2H3. The first-order valence-electron chi connectivity index (χ1n) is 8.77. The van der Waals surface area contributed by atoms with Gasteiger partial charge in [-0.2, -0.15) is 0 Å². The predicted molar refractivity (Wildman–Crippen MR) is 87.8 cm³/mol. The number of rotatable bonds is 6. The summed E-state index contributed by atoms with van der Waals surface area (Å²) in [5.41, 5.74) is 1.80. The van der Waals surface area contributed by atoms with E-state index in [-0.39, 0.29) is 0 Å². The smallest absolute Gasteiger partial charge is 0.119 e. The third kappa shape index (κ3) is 2.83. The number of benzene rings is 1. The fourth-order valence-electron chi connectivity index (χ4n) is 4.19. The zero-order chi connectivity index (χ0) is 14.7. The summed E-state index contributed by atoms with van der Waals surface area (Å²) in [6.07, 6.45) is 9.33. The molecule has 0 saturated heterocycles. The van der Waals surface area contributed by atoms with Crippen molar-refractivity contribution in [2.24, 2.45) is 5.41 Å². The maximum atomic E-state index is 6.36. The summed E-state index contributed by atoms with van der Waals surface area (Å²) in [7, 11) is 0. The average molecular weight is 287 g/mol. The van der Waals surface area contributed by atoms with Gasteiger partial charge in [0.1, 0.15) is 11.9 Å². The van der Waals surface area contributed by atoms with Crippen LogP contribution in [0.2, 0.25) is 0 Å². The van der Waals surface area contributed by atoms with E-state index < -0.39 is 0 Å². The Morgan fingerprint density at radius 3 is 2.48 bits per heavy atom. The Bertz CT molecular complexity index is 447. The van der Waals surface area contributed by atoms with Crippen molar-refractivity contribution in [1.82, 2.24) is 5.32 Å². The summed E-state index contributed by atoms with van der Waals surface area (Å²) in [6, 6.07) is 9.37. The molecule has 0 aromatic heterocycles. The van der Waals surface area contributed by atoms with Gasteiger partial charge in [-0.25, -0.2) is 0 Å². The molecule has 1 aromatic rings. The average Bonchev–Trinajstić information content (AvgIpc) is 3.03. The van der Waals surface area contributed by atoms with Crippen molar-refractivity contribution in [3.63, 3.8) is 0 Å². The van der Waals surface area contributed by atoms with E-state index in [1.54, 1.807) is 0 Å². The predicted octanol–water partition coefficient (Wildman–Crippen LogP) is 4.33. The van der Waals surface area contributed by atoms with Gasteiger partial charge in [0.2, 0.25) is 0 Å². The van der Waals surface area contributed by atoms with E-state index in [9.17, 15) is 0 Å². The molecule has 0 bridgehead atoms. The first-order chi connectivity index (χ1) is 10.3. The Morgan fingerprint density at radius 1 is 1.14 bits per heavy atom. The summed E-state index contributed by atoms with van der Waals surface area (Å²) >= 11 is 0. The lowest BCUT2D eigenvalue weighted by atomic mass is 9.60. The molecule has 2 atom stereocenters. The third-order valence-corrected chi connectivity index (χ3v) is 5.57. The molecular weight excluding hydrogens is 258 g/mol. The molecule has 21 heavy (non-hydrogen) atoms. The lowest BCUT2D eigenvalue weighted by Crippen LogP contribution is -2.63. The van der Waals surface area contributed by atoms with Gasteiger partial charge >= 0.3 is 0 Å². The van der Waals surface area contributed by atoms with Gasteiger partial charge in [0.15, 0.2) is 0 Å². The van der Waals surface area contributed by atoms with Gasteiger partial charge in [0.05, 0.1) is 0 Å². The molecule has 2 aliphatic carbocycles. The normalized spacial score (nSPS) is 26.8. The lowest BCUT2D eigenvalue weighted by Gasteiger charge is -2.54. The fraction of sp³-hybridized carbons (Fsp3) is 0.684. The first kappa shape index (κ1) is 14.9. The Labute approximate surface area is 129 Å². The van der Waals surface area contributed by atoms with E-state index in [2.05, 4.69) is 43.4 Å². The number of aryl methyl sites for hydroxylation is 1. The Hall–Kier alpha value is -1.02. The molecule has 0 heterocycles. The molecule has 0 radical (unpaired) electrons. The van der Waals surface area contributed by atoms with E-state index in [0.29, 0.717) is 17.6 Å². The summed E-state index contributed by atoms with van der Waals surface area (Å²) in [6.45, 7) is 5.58. The van der Waals surface area contributed by atoms with Crippen LogP contribution in [-0.2, 0) is 6.42 Å². The molecule has 3 rings (SSSR count). The van der Waals surface area contributed by atoms with E-state index in [0.717, 1.165) is 18.7 Å². The van der Waals surface area contributed by atoms with Gasteiger partial charge in [0, 0.05) is 17.9 Å². The van der Waals surface area contributed by atoms with Crippen LogP contribution in [0.15, 0.2) is 24.3 Å². The number of hydrogen-bond donors (Lipinski definition) is 1. The molecule has 1 aromatic carbocycles. The van der Waals surface area contributed by atoms with Crippen molar-refractivity contribution < 1.29 is 4.74 Å². The summed E-state index contributed by atoms with van der Waals surface area (Å²) in [5, 5.41) is 3.76. The van der Waals surface area contributed by atoms with Crippen molar-refractivity contribution >= 4 is 0 Å². The summed E-state index contributed by atoms with van der Waals surface area (Å²) in [5.74, 6) is 1.05. The van der Waals surface area contributed by atoms with Crippen molar-refractivity contribution in [2.75, 3.05) is 6.54 Å². The molecule has 1 N–H and O–H groups in total. The maximum absolute atomic E-state index is 6.36. The van der Waals surface area contributed by atoms with Crippen LogP contribution >= 0.6 is 0 Å². The molecule has 1 spiro atoms. The Morgan fingerprint density at radius 2 is 1.86 bits per heavy atom. The Kier molecular flexibility index (Phi) is 4.54. The second-order valence-electron chi connectivity index (χ2n) is 6.79. The highest BCUT2D eigenvalue weighted by atomic mass is 16.5. The van der Waals surface area contributed by atoms with Gasteiger partial charge in [-0.15, -0.1) is 0 Å². The SMILES string of the molecule is CCCNC1CC(Oc2ccc(CC)cc2)C12CCCC2. The fourth-order valence-corrected chi connectivity index (χ4v) is 4.19. The molecule has 2 fully saturated rings. The van der Waals surface area contributed by atoms with Crippen LogP contribution < -0.4 is 10.1 Å². The molecule has 2 nitrogen and oxygen atoms in total. The van der Waals surface area contributed by atoms with Crippen LogP contribution in [0.3, 0.4) is 0 Å². The Balaban J connectivity index is 1.65. The highest BCUT2D eigenvalue weighted by Gasteiger charge is 2.57. The highest BCUT2D eigenvalue weighted by Crippen LogP contribution is 2.54. The number of nitrogens with one attached hydrogen (secondary N) is 1. The van der Waals surface area contributed by atoms with Crippen LogP contribution in [0.4, 0.5) is 0 Å². The van der Waals surface area contributed by atoms with Crippen LogP contribution in [0.5, 0.6) is 5.75 Å². The van der Waals surface area contributed by atoms with Crippen molar-refractivity contribution in [1.29, 1.82) is 0 Å². The number of ether oxygens (including phenoxy) is 1. The molecule has 2 aliphatic rings. The second-order valence-corrected chi connectivity index (χ2v) is 6.79. The molecule has 2 heteroatoms. The molecule has 2 saturated carbocycles. The van der Waals surface area contributed by atoms with Crippen molar-refractivity contribution in [3.05, 3.63) is 29.8 Å². The van der Waals surface area contributed by atoms with Gasteiger partial charge in [-0.1, -0.05) is 38.8 Å². The van der Waals surface area contributed by atoms with Crippen molar-refractivity contribution in [2.45, 2.75) is 70.9 Å². The minimum atomic E-state index is 0.415. The lowest BCUT2D eigenvalue weighted by molar-refractivity contribution is -0.0759. The molecule has 0 amide bonds. The van der Waals surface area contributed by atoms with Gasteiger partial charge in [-0.05, 0) is 49.9 Å². The van der Waals surface area contributed by atoms with E-state index >= 15 is 0 Å². The zero-order valence-electron chi connectivity index (χ0n) is 13.5. The molecule has 116 valence electrons. The minimum Gasteiger partial charge on any atom is -0.490 e. The largest absolute Gasteiger partial charge is 0.490 e. The molecule has 2 unspecified atom stereocenters. The van der Waals surface area contributed by atoms with Crippen LogP contribution in [-0.4, -0.2) is 18.7 Å². The first-order valence-corrected chi connectivity index (χ1v) is 8.77. The zero-order valence-corrected chi connectivity index (χ0v) is 13.5. The van der Waals surface area contributed by atoms with Crippen LogP contribution in [0.1, 0.15) is 57.9 Å². The van der Waals surface area contributed by atoms with Gasteiger partial charge in [-0.3, -0.25) is 0 Å². The summed E-state index contributed by atoms with van der Waals surface area (Å²) < 4.78 is 6.36. The quantitative estimate of drug-likeness (QED) is 0.841. The van der Waals surface area contributed by atoms with Gasteiger partial charge < -0.3 is 10.1 Å². The van der Waals surface area contributed by atoms with Crippen molar-refractivity contribution in [3.8, 4) is 5.75 Å². The summed E-state index contributed by atoms with van der Waals surface area (Å²) in [4.78, 5) is 0. The number of hydrogen-bond acceptors (Lipinski definition) is 2. The van der Waals surface area contributed by atoms with Crippen LogP contribution in [0, 0.1) is 5.41 Å². The molecular formula is C19H29NO. The van der Waals surface area contributed by atoms with Gasteiger partial charge in [0.25, 0.3) is 0 Å². The van der Waals surface area contributed by atoms with E-state index in [1.807, 2.05) is 0 Å². The van der Waals surface area contributed by atoms with E-state index in [1.165, 1.54) is 44.1 Å². The molecule has 0 aliphatic heterocycles. The minimum absolute atomic E-state index is 0.415. The monoisotopic (exact) mass is 287 g/mol.